The predicted octanol–water partition coefficient (Wildman–Crippen LogP) is 0.443. The van der Waals surface area contributed by atoms with Gasteiger partial charge in [0.25, 0.3) is 0 Å². The van der Waals surface area contributed by atoms with Gasteiger partial charge in [0.1, 0.15) is 17.7 Å². The van der Waals surface area contributed by atoms with Crippen LogP contribution in [0, 0.1) is 0 Å². The molecule has 26 heavy (non-hydrogen) atoms. The molecule has 0 heterocycles. The van der Waals surface area contributed by atoms with Crippen LogP contribution in [0.5, 0.6) is 0 Å². The fourth-order valence-electron chi connectivity index (χ4n) is 2.00. The summed E-state index contributed by atoms with van der Waals surface area (Å²) in [6, 6.07) is -2.38. The number of carboxylic acid groups (broad SMARTS) is 2. The quantitative estimate of drug-likeness (QED) is 0.324. The van der Waals surface area contributed by atoms with Crippen molar-refractivity contribution in [2.24, 2.45) is 5.73 Å². The molecule has 2 atom stereocenters. The number of aliphatic carboxylic acids is 2. The monoisotopic (exact) mass is 375 g/mol. The van der Waals surface area contributed by atoms with E-state index in [1.54, 1.807) is 20.8 Å². The van der Waals surface area contributed by atoms with Gasteiger partial charge in [0.05, 0.1) is 0 Å². The Kier molecular flexibility index (Phi) is 10.3. The standard InChI is InChI=1S/C16H29N3O7/c1-16(2,3)26-15(25)19-11(14(23)24)7-8-12(20)18-10(13(21)22)6-4-5-9-17/h10-11H,4-9,17H2,1-3H3,(H,18,20)(H,19,25)(H,21,22)(H,23,24)/t10-,11-/m0/s1. The lowest BCUT2D eigenvalue weighted by atomic mass is 10.1. The summed E-state index contributed by atoms with van der Waals surface area (Å²) >= 11 is 0. The summed E-state index contributed by atoms with van der Waals surface area (Å²) in [5.74, 6) is -3.10. The van der Waals surface area contributed by atoms with Crippen molar-refractivity contribution in [2.45, 2.75) is 70.6 Å². The van der Waals surface area contributed by atoms with E-state index in [9.17, 15) is 19.2 Å². The van der Waals surface area contributed by atoms with Crippen molar-refractivity contribution in [3.05, 3.63) is 0 Å². The van der Waals surface area contributed by atoms with Crippen LogP contribution in [0.4, 0.5) is 4.79 Å². The zero-order valence-corrected chi connectivity index (χ0v) is 15.4. The highest BCUT2D eigenvalue weighted by Crippen LogP contribution is 2.08. The van der Waals surface area contributed by atoms with E-state index in [1.165, 1.54) is 0 Å². The molecule has 150 valence electrons. The molecule has 0 aliphatic carbocycles. The number of amides is 2. The molecule has 0 aromatic carbocycles. The van der Waals surface area contributed by atoms with Gasteiger partial charge in [-0.3, -0.25) is 4.79 Å². The summed E-state index contributed by atoms with van der Waals surface area (Å²) in [6.45, 7) is 5.32. The SMILES string of the molecule is CC(C)(C)OC(=O)N[C@@H](CCC(=O)N[C@@H](CCCCN)C(=O)O)C(=O)O. The first-order valence-corrected chi connectivity index (χ1v) is 8.40. The topological polar surface area (TPSA) is 168 Å². The summed E-state index contributed by atoms with van der Waals surface area (Å²) in [4.78, 5) is 45.9. The molecule has 0 radical (unpaired) electrons. The Labute approximate surface area is 152 Å². The number of rotatable bonds is 11. The minimum Gasteiger partial charge on any atom is -0.480 e. The van der Waals surface area contributed by atoms with Gasteiger partial charge in [-0.2, -0.15) is 0 Å². The lowest BCUT2D eigenvalue weighted by Gasteiger charge is -2.22. The van der Waals surface area contributed by atoms with Gasteiger partial charge in [0.2, 0.25) is 5.91 Å². The van der Waals surface area contributed by atoms with E-state index in [4.69, 9.17) is 20.7 Å². The molecule has 0 rings (SSSR count). The first-order valence-electron chi connectivity index (χ1n) is 8.40. The minimum atomic E-state index is -1.32. The van der Waals surface area contributed by atoms with Crippen molar-refractivity contribution in [3.63, 3.8) is 0 Å². The third-order valence-corrected chi connectivity index (χ3v) is 3.23. The van der Waals surface area contributed by atoms with Crippen LogP contribution in [-0.4, -0.2) is 58.4 Å². The van der Waals surface area contributed by atoms with Gasteiger partial charge in [-0.15, -0.1) is 0 Å². The number of ether oxygens (including phenoxy) is 1. The Morgan fingerprint density at radius 2 is 1.50 bits per heavy atom. The van der Waals surface area contributed by atoms with Crippen LogP contribution in [0.2, 0.25) is 0 Å². The number of nitrogens with two attached hydrogens (primary N) is 1. The van der Waals surface area contributed by atoms with Gasteiger partial charge in [-0.25, -0.2) is 14.4 Å². The van der Waals surface area contributed by atoms with E-state index in [-0.39, 0.29) is 19.3 Å². The van der Waals surface area contributed by atoms with Gasteiger partial charge >= 0.3 is 18.0 Å². The van der Waals surface area contributed by atoms with Crippen LogP contribution in [0.1, 0.15) is 52.9 Å². The summed E-state index contributed by atoms with van der Waals surface area (Å²) < 4.78 is 4.97. The highest BCUT2D eigenvalue weighted by Gasteiger charge is 2.25. The molecule has 0 unspecified atom stereocenters. The molecule has 0 bridgehead atoms. The van der Waals surface area contributed by atoms with Crippen molar-refractivity contribution in [1.29, 1.82) is 0 Å². The molecule has 0 fully saturated rings. The lowest BCUT2D eigenvalue weighted by molar-refractivity contribution is -0.142. The second kappa shape index (κ2) is 11.3. The number of hydrogen-bond donors (Lipinski definition) is 5. The van der Waals surface area contributed by atoms with Crippen molar-refractivity contribution in [2.75, 3.05) is 6.54 Å². The number of carbonyl (C=O) groups excluding carboxylic acids is 2. The maximum absolute atomic E-state index is 11.9. The third-order valence-electron chi connectivity index (χ3n) is 3.23. The highest BCUT2D eigenvalue weighted by molar-refractivity contribution is 5.84. The Hall–Kier alpha value is -2.36. The van der Waals surface area contributed by atoms with Gasteiger partial charge in [-0.05, 0) is 53.0 Å². The van der Waals surface area contributed by atoms with Gasteiger partial charge < -0.3 is 31.3 Å². The Bertz CT molecular complexity index is 503. The van der Waals surface area contributed by atoms with E-state index >= 15 is 0 Å². The number of alkyl carbamates (subject to hydrolysis) is 1. The Balaban J connectivity index is 4.54. The zero-order valence-electron chi connectivity index (χ0n) is 15.4. The minimum absolute atomic E-state index is 0.199. The van der Waals surface area contributed by atoms with Gasteiger partial charge in [0, 0.05) is 6.42 Å². The molecular weight excluding hydrogens is 346 g/mol. The van der Waals surface area contributed by atoms with Crippen molar-refractivity contribution in [1.82, 2.24) is 10.6 Å². The number of carbonyl (C=O) groups is 4. The molecule has 6 N–H and O–H groups in total. The van der Waals surface area contributed by atoms with Crippen LogP contribution < -0.4 is 16.4 Å². The molecule has 0 aliphatic rings. The van der Waals surface area contributed by atoms with E-state index < -0.39 is 41.6 Å². The Morgan fingerprint density at radius 3 is 1.96 bits per heavy atom. The molecule has 2 amide bonds. The summed E-state index contributed by atoms with van der Waals surface area (Å²) in [7, 11) is 0. The van der Waals surface area contributed by atoms with E-state index in [1.807, 2.05) is 0 Å². The molecule has 0 aromatic rings. The second-order valence-electron chi connectivity index (χ2n) is 6.82. The maximum atomic E-state index is 11.9. The highest BCUT2D eigenvalue weighted by atomic mass is 16.6. The normalized spacial score (nSPS) is 13.4. The third kappa shape index (κ3) is 11.2. The van der Waals surface area contributed by atoms with E-state index in [2.05, 4.69) is 10.6 Å². The van der Waals surface area contributed by atoms with Crippen LogP contribution in [-0.2, 0) is 19.1 Å². The molecule has 10 heteroatoms. The molecule has 0 saturated carbocycles. The summed E-state index contributed by atoms with van der Waals surface area (Å²) in [5.41, 5.74) is 4.56. The second-order valence-corrected chi connectivity index (χ2v) is 6.82. The molecule has 0 aliphatic heterocycles. The van der Waals surface area contributed by atoms with Crippen LogP contribution in [0.25, 0.3) is 0 Å². The van der Waals surface area contributed by atoms with E-state index in [0.717, 1.165) is 0 Å². The average Bonchev–Trinajstić information content (AvgIpc) is 2.48. The summed E-state index contributed by atoms with van der Waals surface area (Å²) in [5, 5.41) is 22.8. The zero-order chi connectivity index (χ0) is 20.3. The number of nitrogens with one attached hydrogen (secondary N) is 2. The van der Waals surface area contributed by atoms with Gasteiger partial charge in [0.15, 0.2) is 0 Å². The summed E-state index contributed by atoms with van der Waals surface area (Å²) in [6.07, 6.45) is 0.0574. The van der Waals surface area contributed by atoms with Crippen LogP contribution in [0.15, 0.2) is 0 Å². The van der Waals surface area contributed by atoms with Crippen LogP contribution >= 0.6 is 0 Å². The molecule has 0 saturated heterocycles. The molecule has 0 spiro atoms. The number of carboxylic acids is 2. The fraction of sp³-hybridized carbons (Fsp3) is 0.750. The molecule has 10 nitrogen and oxygen atoms in total. The van der Waals surface area contributed by atoms with Crippen molar-refractivity contribution >= 4 is 23.9 Å². The lowest BCUT2D eigenvalue weighted by Crippen LogP contribution is -2.45. The predicted molar refractivity (Wildman–Crippen MR) is 92.5 cm³/mol. The van der Waals surface area contributed by atoms with Crippen LogP contribution in [0.3, 0.4) is 0 Å². The first-order chi connectivity index (χ1) is 12.0. The average molecular weight is 375 g/mol. The maximum Gasteiger partial charge on any atom is 0.408 e. The molecule has 0 aromatic heterocycles. The van der Waals surface area contributed by atoms with Gasteiger partial charge in [-0.1, -0.05) is 0 Å². The number of unbranched alkanes of at least 4 members (excludes halogenated alkanes) is 1. The van der Waals surface area contributed by atoms with Crippen molar-refractivity contribution in [3.8, 4) is 0 Å². The van der Waals surface area contributed by atoms with Crippen molar-refractivity contribution < 1.29 is 34.1 Å². The Morgan fingerprint density at radius 1 is 0.962 bits per heavy atom. The first kappa shape index (κ1) is 23.6. The largest absolute Gasteiger partial charge is 0.480 e. The smallest absolute Gasteiger partial charge is 0.408 e. The number of hydrogen-bond acceptors (Lipinski definition) is 6. The van der Waals surface area contributed by atoms with E-state index in [0.29, 0.717) is 19.4 Å². The fourth-order valence-corrected chi connectivity index (χ4v) is 2.00. The molecular formula is C16H29N3O7.